The van der Waals surface area contributed by atoms with Gasteiger partial charge in [-0.3, -0.25) is 4.79 Å². The monoisotopic (exact) mass is 1490 g/mol. The summed E-state index contributed by atoms with van der Waals surface area (Å²) in [4.78, 5) is 13.6. The van der Waals surface area contributed by atoms with Crippen LogP contribution in [0.5, 0.6) is 0 Å². The molecule has 0 radical (unpaired) electrons. The Balaban J connectivity index is 0.863. The zero-order valence-electron chi connectivity index (χ0n) is 54.3. The minimum Gasteiger partial charge on any atom is -0.463 e. The van der Waals surface area contributed by atoms with Crippen molar-refractivity contribution in [3.63, 3.8) is 0 Å². The Bertz CT molecular complexity index is 2940. The Hall–Kier alpha value is -3.65. The first-order valence-corrected chi connectivity index (χ1v) is 33.2. The van der Waals surface area contributed by atoms with Crippen LogP contribution in [0, 0.1) is 0 Å². The molecule has 30 aliphatic heterocycles. The van der Waals surface area contributed by atoms with E-state index in [1.807, 2.05) is 30.3 Å². The molecule has 16 bridgehead atoms. The van der Waals surface area contributed by atoms with E-state index in [-0.39, 0.29) is 6.42 Å². The summed E-state index contributed by atoms with van der Waals surface area (Å²) in [6.07, 6.45) is -83.9. The molecule has 41 heteroatoms. The van der Waals surface area contributed by atoms with Gasteiger partial charge in [0.25, 0.3) is 0 Å². The van der Waals surface area contributed by atoms with Crippen LogP contribution in [0.3, 0.4) is 0 Å². The summed E-state index contributed by atoms with van der Waals surface area (Å²) in [6.45, 7) is -8.61. The number of benzene rings is 2. The molecule has 30 saturated heterocycles. The lowest BCUT2D eigenvalue weighted by Crippen LogP contribution is -2.69. The van der Waals surface area contributed by atoms with Crippen molar-refractivity contribution in [1.82, 2.24) is 0 Å². The molecule has 0 amide bonds. The van der Waals surface area contributed by atoms with Crippen molar-refractivity contribution < 1.29 is 203 Å². The van der Waals surface area contributed by atoms with Crippen molar-refractivity contribution in [2.45, 2.75) is 252 Å². The van der Waals surface area contributed by atoms with E-state index in [1.54, 1.807) is 24.3 Å². The standard InChI is InChI=1S/C62H90O41/c63-11-22-47-31(71)39(79)55(88-22)97-48-23(12-64)90-57(41(81)33(48)73)99-50-25(14-66)92-59(43(83)35(50)75)101-52-27(16-68)94-61(45(85)37(52)77)103-54-29(18-87-30(70)10-19-6-8-21(9-7-19)20-4-2-1-3-5-20)95-62(46(86)38(54)78)102-53-28(17-69)93-60(44(84)36(53)76)100-51-26(15-67)91-58(42(82)34(51)74)98-49-24(13-65)89-56(96-47)40(80)32(49)72/h1-9,22-29,31-69,71-86H,10-18H2/t22-,23-,24+,25-,26+,27-,28+,29-,31-,32-,33-,34-,35-,36-,37-,38-,39-,40-,41-,42-,43-,44-,45+,46-,47-,48-,49-,50-,51-,52-,53-,54-,55-,56-,57-,58-,59-,60-,61-,62-/m1/s1. The summed E-state index contributed by atoms with van der Waals surface area (Å²) in [6, 6.07) is 16.1. The van der Waals surface area contributed by atoms with Crippen LogP contribution in [-0.2, 0) is 91.7 Å². The van der Waals surface area contributed by atoms with Gasteiger partial charge in [-0.05, 0) is 16.7 Å². The zero-order chi connectivity index (χ0) is 74.2. The molecule has 0 unspecified atom stereocenters. The maximum atomic E-state index is 13.6. The highest BCUT2D eigenvalue weighted by Gasteiger charge is 2.60. The van der Waals surface area contributed by atoms with Gasteiger partial charge in [0.1, 0.15) is 202 Å². The molecule has 2 aromatic carbocycles. The normalized spacial score (nSPS) is 48.9. The maximum Gasteiger partial charge on any atom is 0.310 e. The quantitative estimate of drug-likeness (QED) is 0.0878. The smallest absolute Gasteiger partial charge is 0.310 e. The van der Waals surface area contributed by atoms with E-state index in [0.29, 0.717) is 5.56 Å². The number of aliphatic hydroxyl groups excluding tert-OH is 23. The predicted molar refractivity (Wildman–Crippen MR) is 321 cm³/mol. The number of hydrogen-bond donors (Lipinski definition) is 23. The first kappa shape index (κ1) is 80.4. The van der Waals surface area contributed by atoms with Gasteiger partial charge in [0.05, 0.1) is 52.7 Å². The molecular formula is C62H90O41. The molecule has 0 aliphatic carbocycles. The molecule has 32 rings (SSSR count). The van der Waals surface area contributed by atoms with Gasteiger partial charge < -0.3 is 198 Å². The number of aliphatic hydroxyl groups is 23. The van der Waals surface area contributed by atoms with Crippen LogP contribution < -0.4 is 0 Å². The molecule has 30 heterocycles. The average molecular weight is 1490 g/mol. The largest absolute Gasteiger partial charge is 0.463 e. The summed E-state index contributed by atoms with van der Waals surface area (Å²) in [7, 11) is 0. The van der Waals surface area contributed by atoms with E-state index in [2.05, 4.69) is 0 Å². The van der Waals surface area contributed by atoms with E-state index >= 15 is 0 Å². The number of hydrogen-bond acceptors (Lipinski definition) is 41. The predicted octanol–water partition coefficient (Wildman–Crippen LogP) is -13.9. The second-order valence-corrected chi connectivity index (χ2v) is 26.2. The van der Waals surface area contributed by atoms with E-state index in [4.69, 9.17) is 80.5 Å². The van der Waals surface area contributed by atoms with Crippen LogP contribution in [0.2, 0.25) is 0 Å². The Morgan fingerprint density at radius 3 is 0.660 bits per heavy atom. The number of carbonyl (C=O) groups excluding carboxylic acids is 1. The van der Waals surface area contributed by atoms with E-state index < -0.39 is 304 Å². The molecule has 103 heavy (non-hydrogen) atoms. The second kappa shape index (κ2) is 34.9. The Labute approximate surface area is 583 Å². The molecule has 41 nitrogen and oxygen atoms in total. The molecule has 30 aliphatic rings. The second-order valence-electron chi connectivity index (χ2n) is 26.2. The molecule has 584 valence electrons. The summed E-state index contributed by atoms with van der Waals surface area (Å²) < 4.78 is 98.5. The number of rotatable bonds is 12. The van der Waals surface area contributed by atoms with Gasteiger partial charge in [0.2, 0.25) is 0 Å². The van der Waals surface area contributed by atoms with Crippen molar-refractivity contribution >= 4 is 5.97 Å². The van der Waals surface area contributed by atoms with Crippen molar-refractivity contribution in [1.29, 1.82) is 0 Å². The van der Waals surface area contributed by atoms with Gasteiger partial charge in [0.15, 0.2) is 50.3 Å². The fourth-order valence-electron chi connectivity index (χ4n) is 13.7. The average Bonchev–Trinajstić information content (AvgIpc) is 0.775. The Morgan fingerprint density at radius 2 is 0.447 bits per heavy atom. The summed E-state index contributed by atoms with van der Waals surface area (Å²) in [5, 5.41) is 259. The minimum atomic E-state index is -2.32. The number of esters is 1. The van der Waals surface area contributed by atoms with Gasteiger partial charge in [-0.25, -0.2) is 0 Å². The summed E-state index contributed by atoms with van der Waals surface area (Å²) in [5.41, 5.74) is 2.16. The van der Waals surface area contributed by atoms with Crippen molar-refractivity contribution in [2.24, 2.45) is 0 Å². The Kier molecular flexibility index (Phi) is 27.3. The highest BCUT2D eigenvalue weighted by molar-refractivity contribution is 5.73. The summed E-state index contributed by atoms with van der Waals surface area (Å²) in [5.74, 6) is -0.907. The van der Waals surface area contributed by atoms with Crippen molar-refractivity contribution in [2.75, 3.05) is 52.9 Å². The molecule has 0 spiro atoms. The fraction of sp³-hybridized carbons (Fsp3) is 0.790. The topological polar surface area (TPSA) is 639 Å². The fourth-order valence-corrected chi connectivity index (χ4v) is 13.7. The zero-order valence-corrected chi connectivity index (χ0v) is 54.3. The molecule has 23 N–H and O–H groups in total. The Morgan fingerprint density at radius 1 is 0.252 bits per heavy atom. The molecule has 0 aromatic heterocycles. The van der Waals surface area contributed by atoms with E-state index in [9.17, 15) is 122 Å². The highest BCUT2D eigenvalue weighted by Crippen LogP contribution is 2.40. The molecule has 2 aromatic rings. The third-order valence-electron chi connectivity index (χ3n) is 19.5. The maximum absolute atomic E-state index is 13.6. The molecule has 0 saturated carbocycles. The van der Waals surface area contributed by atoms with Crippen LogP contribution in [0.1, 0.15) is 5.56 Å². The van der Waals surface area contributed by atoms with Gasteiger partial charge in [0, 0.05) is 0 Å². The molecular weight excluding hydrogens is 1400 g/mol. The van der Waals surface area contributed by atoms with Crippen LogP contribution in [0.25, 0.3) is 11.1 Å². The third-order valence-corrected chi connectivity index (χ3v) is 19.5. The van der Waals surface area contributed by atoms with Crippen molar-refractivity contribution in [3.8, 4) is 11.1 Å². The van der Waals surface area contributed by atoms with Crippen LogP contribution >= 0.6 is 0 Å². The van der Waals surface area contributed by atoms with E-state index in [0.717, 1.165) is 11.1 Å². The van der Waals surface area contributed by atoms with Crippen molar-refractivity contribution in [3.05, 3.63) is 60.2 Å². The lowest BCUT2D eigenvalue weighted by Gasteiger charge is -2.50. The number of carbonyl (C=O) groups is 1. The van der Waals surface area contributed by atoms with Gasteiger partial charge in [-0.1, -0.05) is 54.6 Å². The SMILES string of the molecule is O=C(Cc1ccc(-c2ccccc2)cc1)OC[C@H]1O[C@@H]2O[C@H]3[C@H](O)[C@@H](O)[C@@H](O[C@H]4[C@H](O)[C@@H](O)[C@@H](O[C@H]5[C@H](O)[C@@H](O)[C@@H](O[C@H]6[C@H](O)[C@@H](O)[C@@H](O[C@H]7[C@H](O)[C@@H](O)[C@@H](O[C@H]8[C@H](O)[C@@H](O)[C@@H](O[C@H]9[C@H](O)[C@H](O)[C@@H](O[C@H]1[C@H](O)[C@H]2O)O[C@@H]9CO)O[C@@H]8CO)O[C@@H]7CO)O[C@@H]6CO)O[C@H]5CO)O[C@H]4CO)O[C@H]3CO. The summed E-state index contributed by atoms with van der Waals surface area (Å²) >= 11 is 0. The first-order valence-electron chi connectivity index (χ1n) is 33.2. The first-order chi connectivity index (χ1) is 49.3. The van der Waals surface area contributed by atoms with Gasteiger partial charge >= 0.3 is 5.97 Å². The number of ether oxygens (including phenoxy) is 17. The van der Waals surface area contributed by atoms with Crippen LogP contribution in [0.4, 0.5) is 0 Å². The third kappa shape index (κ3) is 16.8. The van der Waals surface area contributed by atoms with Gasteiger partial charge in [-0.2, -0.15) is 0 Å². The highest BCUT2D eigenvalue weighted by atomic mass is 16.8. The van der Waals surface area contributed by atoms with Crippen LogP contribution in [0.15, 0.2) is 54.6 Å². The van der Waals surface area contributed by atoms with E-state index in [1.165, 1.54) is 0 Å². The van der Waals surface area contributed by atoms with Crippen LogP contribution in [-0.4, -0.2) is 422 Å². The lowest BCUT2D eigenvalue weighted by atomic mass is 9.94. The lowest BCUT2D eigenvalue weighted by molar-refractivity contribution is -0.404. The minimum absolute atomic E-state index is 0.360. The van der Waals surface area contributed by atoms with Gasteiger partial charge in [-0.15, -0.1) is 0 Å². The molecule has 30 fully saturated rings. The molecule has 40 atom stereocenters.